The third-order valence-corrected chi connectivity index (χ3v) is 11.1. The van der Waals surface area contributed by atoms with Gasteiger partial charge in [0.25, 0.3) is 0 Å². The van der Waals surface area contributed by atoms with Gasteiger partial charge in [0.15, 0.2) is 0 Å². The van der Waals surface area contributed by atoms with Gasteiger partial charge in [-0.2, -0.15) is 0 Å². The molecule has 0 unspecified atom stereocenters. The van der Waals surface area contributed by atoms with E-state index in [9.17, 15) is 0 Å². The topological polar surface area (TPSA) is 43.4 Å². The van der Waals surface area contributed by atoms with E-state index in [-0.39, 0.29) is 10.8 Å². The minimum Gasteiger partial charge on any atom is -0.494 e. The van der Waals surface area contributed by atoms with Crippen molar-refractivity contribution in [2.45, 2.75) is 156 Å². The van der Waals surface area contributed by atoms with Crippen molar-refractivity contribution < 1.29 is 18.9 Å². The molecular weight excluding hydrogens is 717 g/mol. The van der Waals surface area contributed by atoms with Gasteiger partial charge < -0.3 is 28.7 Å². The molecular formula is C52H86N2O4. The highest BCUT2D eigenvalue weighted by molar-refractivity contribution is 5.32. The SMILES string of the molecule is CC.CCCCCC(C)(C)c1ccc(OCCCOCCCN(C)Cc2ccc(CN(C)CCCOCCCOc3ccc(C(C)(C)CCCCC)cc3)cc2)cc1. The molecule has 0 aliphatic rings. The molecule has 6 nitrogen and oxygen atoms in total. The number of rotatable bonds is 32. The Morgan fingerprint density at radius 3 is 1.12 bits per heavy atom. The molecule has 0 aliphatic carbocycles. The molecule has 0 fully saturated rings. The summed E-state index contributed by atoms with van der Waals surface area (Å²) in [6.07, 6.45) is 14.0. The van der Waals surface area contributed by atoms with Gasteiger partial charge in [0.1, 0.15) is 11.5 Å². The fourth-order valence-corrected chi connectivity index (χ4v) is 7.24. The lowest BCUT2D eigenvalue weighted by Crippen LogP contribution is -2.21. The van der Waals surface area contributed by atoms with Gasteiger partial charge in [0.05, 0.1) is 13.2 Å². The van der Waals surface area contributed by atoms with Crippen molar-refractivity contribution in [3.63, 3.8) is 0 Å². The Kier molecular flexibility index (Phi) is 26.7. The summed E-state index contributed by atoms with van der Waals surface area (Å²) in [5.41, 5.74) is 5.92. The van der Waals surface area contributed by atoms with Crippen LogP contribution in [0.3, 0.4) is 0 Å². The maximum absolute atomic E-state index is 5.98. The number of hydrogen-bond donors (Lipinski definition) is 0. The first-order chi connectivity index (χ1) is 28.0. The molecule has 58 heavy (non-hydrogen) atoms. The smallest absolute Gasteiger partial charge is 0.119 e. The molecule has 0 aliphatic heterocycles. The highest BCUT2D eigenvalue weighted by Crippen LogP contribution is 2.31. The summed E-state index contributed by atoms with van der Waals surface area (Å²) < 4.78 is 23.8. The van der Waals surface area contributed by atoms with E-state index in [0.717, 1.165) is 89.8 Å². The summed E-state index contributed by atoms with van der Waals surface area (Å²) in [5.74, 6) is 1.90. The largest absolute Gasteiger partial charge is 0.494 e. The molecule has 3 aromatic carbocycles. The van der Waals surface area contributed by atoms with Crippen LogP contribution in [0.2, 0.25) is 0 Å². The van der Waals surface area contributed by atoms with Crippen molar-refractivity contribution in [3.05, 3.63) is 95.1 Å². The monoisotopic (exact) mass is 803 g/mol. The van der Waals surface area contributed by atoms with Crippen LogP contribution in [0.25, 0.3) is 0 Å². The molecule has 3 rings (SSSR count). The number of unbranched alkanes of at least 4 members (excludes halogenated alkanes) is 4. The van der Waals surface area contributed by atoms with Gasteiger partial charge in [-0.1, -0.05) is 142 Å². The quantitative estimate of drug-likeness (QED) is 0.0586. The van der Waals surface area contributed by atoms with E-state index in [1.807, 2.05) is 13.8 Å². The lowest BCUT2D eigenvalue weighted by atomic mass is 9.80. The van der Waals surface area contributed by atoms with E-state index in [2.05, 4.69) is 138 Å². The Morgan fingerprint density at radius 1 is 0.431 bits per heavy atom. The average molecular weight is 803 g/mol. The van der Waals surface area contributed by atoms with Crippen LogP contribution in [0.5, 0.6) is 11.5 Å². The summed E-state index contributed by atoms with van der Waals surface area (Å²) >= 11 is 0. The normalized spacial score (nSPS) is 11.9. The molecule has 0 aromatic heterocycles. The number of benzene rings is 3. The van der Waals surface area contributed by atoms with Gasteiger partial charge in [-0.25, -0.2) is 0 Å². The minimum absolute atomic E-state index is 0.215. The van der Waals surface area contributed by atoms with E-state index in [1.54, 1.807) is 0 Å². The zero-order valence-corrected chi connectivity index (χ0v) is 39.0. The van der Waals surface area contributed by atoms with Crippen molar-refractivity contribution >= 4 is 0 Å². The van der Waals surface area contributed by atoms with Gasteiger partial charge in [-0.05, 0) is 97.1 Å². The third-order valence-electron chi connectivity index (χ3n) is 11.1. The lowest BCUT2D eigenvalue weighted by molar-refractivity contribution is 0.110. The molecule has 0 bridgehead atoms. The highest BCUT2D eigenvalue weighted by atomic mass is 16.5. The van der Waals surface area contributed by atoms with E-state index in [1.165, 1.54) is 73.6 Å². The molecule has 0 amide bonds. The molecule has 0 heterocycles. The van der Waals surface area contributed by atoms with E-state index < -0.39 is 0 Å². The van der Waals surface area contributed by atoms with Crippen LogP contribution in [0, 0.1) is 0 Å². The van der Waals surface area contributed by atoms with Crippen molar-refractivity contribution in [2.24, 2.45) is 0 Å². The Hall–Kier alpha value is -2.90. The predicted octanol–water partition coefficient (Wildman–Crippen LogP) is 13.0. The summed E-state index contributed by atoms with van der Waals surface area (Å²) in [6, 6.07) is 26.5. The van der Waals surface area contributed by atoms with E-state index in [0.29, 0.717) is 13.2 Å². The molecule has 6 heteroatoms. The van der Waals surface area contributed by atoms with Crippen molar-refractivity contribution in [1.82, 2.24) is 9.80 Å². The van der Waals surface area contributed by atoms with Crippen LogP contribution in [-0.2, 0) is 33.4 Å². The fourth-order valence-electron chi connectivity index (χ4n) is 7.24. The molecule has 0 saturated carbocycles. The third kappa shape index (κ3) is 21.9. The van der Waals surface area contributed by atoms with Crippen LogP contribution >= 0.6 is 0 Å². The predicted molar refractivity (Wildman–Crippen MR) is 249 cm³/mol. The average Bonchev–Trinajstić information content (AvgIpc) is 3.22. The number of ether oxygens (including phenoxy) is 4. The van der Waals surface area contributed by atoms with Crippen LogP contribution < -0.4 is 9.47 Å². The van der Waals surface area contributed by atoms with E-state index in [4.69, 9.17) is 18.9 Å². The molecule has 328 valence electrons. The first-order valence-electron chi connectivity index (χ1n) is 23.1. The summed E-state index contributed by atoms with van der Waals surface area (Å²) in [4.78, 5) is 4.75. The van der Waals surface area contributed by atoms with Gasteiger partial charge in [-0.15, -0.1) is 0 Å². The van der Waals surface area contributed by atoms with Crippen LogP contribution in [0.4, 0.5) is 0 Å². The first kappa shape index (κ1) is 51.2. The second-order valence-corrected chi connectivity index (χ2v) is 17.4. The van der Waals surface area contributed by atoms with E-state index >= 15 is 0 Å². The summed E-state index contributed by atoms with van der Waals surface area (Å²) in [6.45, 7) is 26.3. The van der Waals surface area contributed by atoms with Crippen molar-refractivity contribution in [2.75, 3.05) is 66.8 Å². The Balaban J connectivity index is 0.00000571. The fraction of sp³-hybridized carbons (Fsp3) is 0.654. The molecule has 3 aromatic rings. The zero-order valence-electron chi connectivity index (χ0n) is 39.0. The molecule has 0 spiro atoms. The standard InChI is InChI=1S/C50H80N2O4.C2H6/c1-9-11-13-31-49(3,4)45-23-27-47(28-24-45)55-39-17-37-53-35-15-33-51(7)41-43-19-21-44(22-20-43)42-52(8)34-16-36-54-38-18-40-56-48-29-25-46(26-30-48)50(5,6)32-14-12-10-2;1-2/h19-30H,9-18,31-42H2,1-8H3;1-2H3. The minimum atomic E-state index is 0.215. The van der Waals surface area contributed by atoms with Crippen LogP contribution in [-0.4, -0.2) is 76.6 Å². The number of nitrogens with zero attached hydrogens (tertiary/aromatic N) is 2. The van der Waals surface area contributed by atoms with Crippen molar-refractivity contribution in [3.8, 4) is 11.5 Å². The van der Waals surface area contributed by atoms with Crippen LogP contribution in [0.15, 0.2) is 72.8 Å². The second kappa shape index (κ2) is 30.2. The lowest BCUT2D eigenvalue weighted by Gasteiger charge is -2.25. The summed E-state index contributed by atoms with van der Waals surface area (Å²) in [7, 11) is 4.38. The van der Waals surface area contributed by atoms with Crippen molar-refractivity contribution in [1.29, 1.82) is 0 Å². The van der Waals surface area contributed by atoms with Gasteiger partial charge in [-0.3, -0.25) is 0 Å². The Labute approximate surface area is 357 Å². The van der Waals surface area contributed by atoms with Gasteiger partial charge in [0.2, 0.25) is 0 Å². The molecule has 0 saturated heterocycles. The maximum atomic E-state index is 5.98. The Bertz CT molecular complexity index is 1300. The molecule has 0 N–H and O–H groups in total. The first-order valence-corrected chi connectivity index (χ1v) is 23.1. The summed E-state index contributed by atoms with van der Waals surface area (Å²) in [5, 5.41) is 0. The molecule has 0 atom stereocenters. The maximum Gasteiger partial charge on any atom is 0.119 e. The van der Waals surface area contributed by atoms with Crippen LogP contribution in [0.1, 0.15) is 155 Å². The zero-order chi connectivity index (χ0) is 42.5. The Morgan fingerprint density at radius 2 is 0.776 bits per heavy atom. The highest BCUT2D eigenvalue weighted by Gasteiger charge is 2.21. The second-order valence-electron chi connectivity index (χ2n) is 17.4. The number of hydrogen-bond acceptors (Lipinski definition) is 6. The van der Waals surface area contributed by atoms with Gasteiger partial charge >= 0.3 is 0 Å². The molecule has 0 radical (unpaired) electrons. The van der Waals surface area contributed by atoms with Gasteiger partial charge in [0, 0.05) is 65.4 Å².